The number of nitrogens with zero attached hydrogens (tertiary/aromatic N) is 2. The van der Waals surface area contributed by atoms with Gasteiger partial charge in [0.2, 0.25) is 0 Å². The molecule has 0 spiro atoms. The van der Waals surface area contributed by atoms with Crippen LogP contribution >= 0.6 is 0 Å². The maximum absolute atomic E-state index is 12.5. The number of hydrogen-bond donors (Lipinski definition) is 2. The molecule has 0 atom stereocenters. The number of nitrogens with one attached hydrogen (secondary N) is 2. The molecule has 0 saturated carbocycles. The smallest absolute Gasteiger partial charge is 0.270 e. The van der Waals surface area contributed by atoms with Crippen molar-refractivity contribution in [2.45, 2.75) is 27.2 Å². The summed E-state index contributed by atoms with van der Waals surface area (Å²) in [6.45, 7) is 6.45. The third-order valence-corrected chi connectivity index (χ3v) is 4.26. The number of carbonyl (C=O) groups is 1. The molecule has 27 heavy (non-hydrogen) atoms. The molecule has 0 fully saturated rings. The van der Waals surface area contributed by atoms with Crippen LogP contribution in [0.4, 0.5) is 11.5 Å². The minimum atomic E-state index is -0.194. The summed E-state index contributed by atoms with van der Waals surface area (Å²) >= 11 is 0. The fourth-order valence-electron chi connectivity index (χ4n) is 2.90. The summed E-state index contributed by atoms with van der Waals surface area (Å²) < 4.78 is 0. The Hall–Kier alpha value is -3.21. The highest BCUT2D eigenvalue weighted by atomic mass is 16.1. The van der Waals surface area contributed by atoms with Gasteiger partial charge in [-0.3, -0.25) is 4.79 Å². The van der Waals surface area contributed by atoms with Crippen molar-refractivity contribution in [1.29, 1.82) is 0 Å². The van der Waals surface area contributed by atoms with Gasteiger partial charge in [0.15, 0.2) is 0 Å². The standard InChI is InChI=1S/C22H24N4O/c1-15-9-10-19(16(2)13-15)26-21-14-20(24-17(3)25-21)22(27)23-12-11-18-7-5-4-6-8-18/h4-10,13-14H,11-12H2,1-3H3,(H,23,27)(H,24,25,26). The Morgan fingerprint density at radius 1 is 0.963 bits per heavy atom. The van der Waals surface area contributed by atoms with Crippen LogP contribution in [0.25, 0.3) is 0 Å². The predicted molar refractivity (Wildman–Crippen MR) is 108 cm³/mol. The second-order valence-corrected chi connectivity index (χ2v) is 6.62. The van der Waals surface area contributed by atoms with E-state index in [0.717, 1.165) is 17.7 Å². The second kappa shape index (κ2) is 8.45. The van der Waals surface area contributed by atoms with E-state index < -0.39 is 0 Å². The molecule has 0 unspecified atom stereocenters. The number of aryl methyl sites for hydroxylation is 3. The zero-order chi connectivity index (χ0) is 19.2. The van der Waals surface area contributed by atoms with Crippen molar-refractivity contribution < 1.29 is 4.79 Å². The lowest BCUT2D eigenvalue weighted by molar-refractivity contribution is 0.0949. The summed E-state index contributed by atoms with van der Waals surface area (Å²) in [6.07, 6.45) is 0.782. The highest BCUT2D eigenvalue weighted by Gasteiger charge is 2.11. The fraction of sp³-hybridized carbons (Fsp3) is 0.227. The summed E-state index contributed by atoms with van der Waals surface area (Å²) in [5.74, 6) is 0.973. The quantitative estimate of drug-likeness (QED) is 0.694. The van der Waals surface area contributed by atoms with Crippen molar-refractivity contribution in [2.75, 3.05) is 11.9 Å². The third kappa shape index (κ3) is 5.14. The Morgan fingerprint density at radius 2 is 1.74 bits per heavy atom. The van der Waals surface area contributed by atoms with Crippen LogP contribution in [0.1, 0.15) is 33.0 Å². The number of hydrogen-bond acceptors (Lipinski definition) is 4. The first-order valence-corrected chi connectivity index (χ1v) is 9.03. The molecule has 1 amide bonds. The molecule has 5 heteroatoms. The van der Waals surface area contributed by atoms with E-state index in [4.69, 9.17) is 0 Å². The van der Waals surface area contributed by atoms with Gasteiger partial charge in [0, 0.05) is 18.3 Å². The highest BCUT2D eigenvalue weighted by Crippen LogP contribution is 2.20. The van der Waals surface area contributed by atoms with Crippen LogP contribution in [0.2, 0.25) is 0 Å². The van der Waals surface area contributed by atoms with Gasteiger partial charge in [0.05, 0.1) is 0 Å². The summed E-state index contributed by atoms with van der Waals surface area (Å²) in [7, 11) is 0. The Bertz CT molecular complexity index is 938. The van der Waals surface area contributed by atoms with Crippen LogP contribution in [0.3, 0.4) is 0 Å². The number of rotatable bonds is 6. The van der Waals surface area contributed by atoms with Crippen molar-refractivity contribution in [3.8, 4) is 0 Å². The van der Waals surface area contributed by atoms with Crippen LogP contribution in [0, 0.1) is 20.8 Å². The van der Waals surface area contributed by atoms with Gasteiger partial charge < -0.3 is 10.6 Å². The summed E-state index contributed by atoms with van der Waals surface area (Å²) in [5.41, 5.74) is 4.85. The normalized spacial score (nSPS) is 10.5. The van der Waals surface area contributed by atoms with Crippen molar-refractivity contribution in [3.05, 3.63) is 82.8 Å². The van der Waals surface area contributed by atoms with E-state index in [0.29, 0.717) is 23.9 Å². The van der Waals surface area contributed by atoms with Gasteiger partial charge in [-0.15, -0.1) is 0 Å². The van der Waals surface area contributed by atoms with Crippen molar-refractivity contribution in [2.24, 2.45) is 0 Å². The van der Waals surface area contributed by atoms with Crippen LogP contribution in [0.5, 0.6) is 0 Å². The first-order valence-electron chi connectivity index (χ1n) is 9.03. The molecule has 0 saturated heterocycles. The molecule has 1 aromatic heterocycles. The molecule has 1 heterocycles. The SMILES string of the molecule is Cc1ccc(Nc2cc(C(=O)NCCc3ccccc3)nc(C)n2)c(C)c1. The maximum Gasteiger partial charge on any atom is 0.270 e. The van der Waals surface area contributed by atoms with Gasteiger partial charge in [0.25, 0.3) is 5.91 Å². The minimum Gasteiger partial charge on any atom is -0.350 e. The van der Waals surface area contributed by atoms with E-state index in [1.807, 2.05) is 49.4 Å². The second-order valence-electron chi connectivity index (χ2n) is 6.62. The molecule has 2 aromatic carbocycles. The number of anilines is 2. The largest absolute Gasteiger partial charge is 0.350 e. The van der Waals surface area contributed by atoms with E-state index >= 15 is 0 Å². The van der Waals surface area contributed by atoms with Crippen LogP contribution in [-0.2, 0) is 6.42 Å². The first kappa shape index (κ1) is 18.6. The van der Waals surface area contributed by atoms with Gasteiger partial charge >= 0.3 is 0 Å². The Morgan fingerprint density at radius 3 is 2.48 bits per heavy atom. The molecule has 0 bridgehead atoms. The van der Waals surface area contributed by atoms with Gasteiger partial charge in [0.1, 0.15) is 17.3 Å². The highest BCUT2D eigenvalue weighted by molar-refractivity contribution is 5.93. The van der Waals surface area contributed by atoms with Crippen LogP contribution in [0.15, 0.2) is 54.6 Å². The molecule has 138 valence electrons. The van der Waals surface area contributed by atoms with E-state index in [9.17, 15) is 4.79 Å². The van der Waals surface area contributed by atoms with E-state index in [1.165, 1.54) is 11.1 Å². The number of benzene rings is 2. The van der Waals surface area contributed by atoms with Crippen molar-refractivity contribution >= 4 is 17.4 Å². The van der Waals surface area contributed by atoms with Gasteiger partial charge in [-0.1, -0.05) is 48.0 Å². The van der Waals surface area contributed by atoms with Gasteiger partial charge in [-0.05, 0) is 44.4 Å². The van der Waals surface area contributed by atoms with Crippen molar-refractivity contribution in [1.82, 2.24) is 15.3 Å². The summed E-state index contributed by atoms with van der Waals surface area (Å²) in [6, 6.07) is 17.9. The lowest BCUT2D eigenvalue weighted by Gasteiger charge is -2.11. The Kier molecular flexibility index (Phi) is 5.81. The molecule has 0 radical (unpaired) electrons. The van der Waals surface area contributed by atoms with E-state index in [-0.39, 0.29) is 5.91 Å². The number of carbonyl (C=O) groups excluding carboxylic acids is 1. The zero-order valence-electron chi connectivity index (χ0n) is 15.9. The van der Waals surface area contributed by atoms with Crippen LogP contribution in [-0.4, -0.2) is 22.4 Å². The molecule has 0 aliphatic heterocycles. The molecule has 0 aliphatic rings. The fourth-order valence-corrected chi connectivity index (χ4v) is 2.90. The lowest BCUT2D eigenvalue weighted by Crippen LogP contribution is -2.27. The topological polar surface area (TPSA) is 66.9 Å². The van der Waals surface area contributed by atoms with Crippen LogP contribution < -0.4 is 10.6 Å². The van der Waals surface area contributed by atoms with Gasteiger partial charge in [-0.25, -0.2) is 9.97 Å². The minimum absolute atomic E-state index is 0.194. The molecule has 5 nitrogen and oxygen atoms in total. The molecule has 0 aliphatic carbocycles. The molecule has 2 N–H and O–H groups in total. The lowest BCUT2D eigenvalue weighted by atomic mass is 10.1. The zero-order valence-corrected chi connectivity index (χ0v) is 15.9. The molecular formula is C22H24N4O. The monoisotopic (exact) mass is 360 g/mol. The average molecular weight is 360 g/mol. The maximum atomic E-state index is 12.5. The third-order valence-electron chi connectivity index (χ3n) is 4.26. The van der Waals surface area contributed by atoms with Crippen molar-refractivity contribution in [3.63, 3.8) is 0 Å². The average Bonchev–Trinajstić information content (AvgIpc) is 2.64. The van der Waals surface area contributed by atoms with E-state index in [2.05, 4.69) is 33.6 Å². The Labute approximate surface area is 159 Å². The predicted octanol–water partition coefficient (Wildman–Crippen LogP) is 4.12. The van der Waals surface area contributed by atoms with E-state index in [1.54, 1.807) is 13.0 Å². The Balaban J connectivity index is 1.67. The molecule has 3 aromatic rings. The number of aromatic nitrogens is 2. The first-order chi connectivity index (χ1) is 13.0. The number of amides is 1. The summed E-state index contributed by atoms with van der Waals surface area (Å²) in [4.78, 5) is 21.1. The molecule has 3 rings (SSSR count). The molecular weight excluding hydrogens is 336 g/mol. The van der Waals surface area contributed by atoms with Gasteiger partial charge in [-0.2, -0.15) is 0 Å². The summed E-state index contributed by atoms with van der Waals surface area (Å²) in [5, 5.41) is 6.21.